The average molecular weight is 225 g/mol. The Morgan fingerprint density at radius 2 is 2.31 bits per heavy atom. The molecule has 1 N–H and O–H groups in total. The molecule has 0 aliphatic heterocycles. The van der Waals surface area contributed by atoms with E-state index in [4.69, 9.17) is 4.74 Å². The van der Waals surface area contributed by atoms with Crippen LogP contribution < -0.4 is 5.32 Å². The Kier molecular flexibility index (Phi) is 6.85. The van der Waals surface area contributed by atoms with E-state index in [-0.39, 0.29) is 0 Å². The summed E-state index contributed by atoms with van der Waals surface area (Å²) in [5.41, 5.74) is 1.16. The molecule has 92 valence electrons. The lowest BCUT2D eigenvalue weighted by atomic mass is 10.3. The first kappa shape index (κ1) is 13.2. The SMILES string of the molecule is CCNCCc1cn(CCCOCC)cn1. The number of rotatable bonds is 9. The van der Waals surface area contributed by atoms with E-state index in [9.17, 15) is 0 Å². The molecule has 0 bridgehead atoms. The first-order chi connectivity index (χ1) is 7.86. The van der Waals surface area contributed by atoms with Gasteiger partial charge in [0.1, 0.15) is 0 Å². The third-order valence-corrected chi connectivity index (χ3v) is 2.40. The lowest BCUT2D eigenvalue weighted by molar-refractivity contribution is 0.141. The van der Waals surface area contributed by atoms with Gasteiger partial charge < -0.3 is 14.6 Å². The number of likely N-dealkylation sites (N-methyl/N-ethyl adjacent to an activating group) is 1. The molecule has 4 nitrogen and oxygen atoms in total. The van der Waals surface area contributed by atoms with Crippen molar-refractivity contribution in [2.45, 2.75) is 33.2 Å². The van der Waals surface area contributed by atoms with Crippen LogP contribution in [0.2, 0.25) is 0 Å². The number of nitrogens with one attached hydrogen (secondary N) is 1. The largest absolute Gasteiger partial charge is 0.382 e. The van der Waals surface area contributed by atoms with Crippen molar-refractivity contribution in [2.24, 2.45) is 0 Å². The van der Waals surface area contributed by atoms with Gasteiger partial charge in [-0.3, -0.25) is 0 Å². The maximum absolute atomic E-state index is 5.30. The second kappa shape index (κ2) is 8.30. The minimum Gasteiger partial charge on any atom is -0.382 e. The van der Waals surface area contributed by atoms with E-state index in [2.05, 4.69) is 28.0 Å². The average Bonchev–Trinajstić information content (AvgIpc) is 2.73. The summed E-state index contributed by atoms with van der Waals surface area (Å²) >= 11 is 0. The van der Waals surface area contributed by atoms with E-state index in [0.29, 0.717) is 0 Å². The zero-order valence-corrected chi connectivity index (χ0v) is 10.4. The van der Waals surface area contributed by atoms with Crippen LogP contribution in [-0.2, 0) is 17.7 Å². The molecular formula is C12H23N3O. The molecule has 0 aliphatic carbocycles. The van der Waals surface area contributed by atoms with Gasteiger partial charge in [-0.1, -0.05) is 6.92 Å². The zero-order chi connectivity index (χ0) is 11.6. The molecule has 0 radical (unpaired) electrons. The van der Waals surface area contributed by atoms with Crippen molar-refractivity contribution in [3.8, 4) is 0 Å². The highest BCUT2D eigenvalue weighted by atomic mass is 16.5. The maximum atomic E-state index is 5.30. The highest BCUT2D eigenvalue weighted by Crippen LogP contribution is 1.98. The quantitative estimate of drug-likeness (QED) is 0.647. The van der Waals surface area contributed by atoms with Crippen molar-refractivity contribution < 1.29 is 4.74 Å². The predicted molar refractivity (Wildman–Crippen MR) is 65.6 cm³/mol. The molecule has 0 unspecified atom stereocenters. The fourth-order valence-electron chi connectivity index (χ4n) is 1.54. The van der Waals surface area contributed by atoms with Crippen LogP contribution in [0.4, 0.5) is 0 Å². The van der Waals surface area contributed by atoms with Crippen LogP contribution in [0.5, 0.6) is 0 Å². The van der Waals surface area contributed by atoms with Crippen molar-refractivity contribution in [2.75, 3.05) is 26.3 Å². The molecule has 1 aromatic rings. The number of hydrogen-bond acceptors (Lipinski definition) is 3. The Morgan fingerprint density at radius 1 is 1.44 bits per heavy atom. The number of hydrogen-bond donors (Lipinski definition) is 1. The summed E-state index contributed by atoms with van der Waals surface area (Å²) in [6.45, 7) is 8.80. The highest BCUT2D eigenvalue weighted by Gasteiger charge is 1.98. The summed E-state index contributed by atoms with van der Waals surface area (Å²) < 4.78 is 7.44. The second-order valence-corrected chi connectivity index (χ2v) is 3.76. The molecule has 0 spiro atoms. The van der Waals surface area contributed by atoms with Crippen LogP contribution in [0.25, 0.3) is 0 Å². The molecule has 0 fully saturated rings. The van der Waals surface area contributed by atoms with Gasteiger partial charge in [0.25, 0.3) is 0 Å². The Bertz CT molecular complexity index is 273. The van der Waals surface area contributed by atoms with Gasteiger partial charge in [0.05, 0.1) is 12.0 Å². The van der Waals surface area contributed by atoms with Crippen LogP contribution in [0.3, 0.4) is 0 Å². The Labute approximate surface area is 98.0 Å². The minimum atomic E-state index is 0.803. The highest BCUT2D eigenvalue weighted by molar-refractivity contribution is 4.97. The van der Waals surface area contributed by atoms with Crippen LogP contribution in [0.15, 0.2) is 12.5 Å². The molecular weight excluding hydrogens is 202 g/mol. The lowest BCUT2D eigenvalue weighted by Gasteiger charge is -2.02. The summed E-state index contributed by atoms with van der Waals surface area (Å²) in [7, 11) is 0. The molecule has 0 saturated carbocycles. The van der Waals surface area contributed by atoms with Crippen LogP contribution in [-0.4, -0.2) is 35.9 Å². The third kappa shape index (κ3) is 5.28. The summed E-state index contributed by atoms with van der Waals surface area (Å²) in [6.07, 6.45) is 6.10. The number of ether oxygens (including phenoxy) is 1. The van der Waals surface area contributed by atoms with Crippen molar-refractivity contribution >= 4 is 0 Å². The van der Waals surface area contributed by atoms with E-state index < -0.39 is 0 Å². The van der Waals surface area contributed by atoms with Crippen LogP contribution in [0.1, 0.15) is 26.0 Å². The topological polar surface area (TPSA) is 39.1 Å². The van der Waals surface area contributed by atoms with Crippen molar-refractivity contribution in [3.05, 3.63) is 18.2 Å². The molecule has 16 heavy (non-hydrogen) atoms. The van der Waals surface area contributed by atoms with E-state index in [1.807, 2.05) is 13.3 Å². The van der Waals surface area contributed by atoms with Crippen LogP contribution >= 0.6 is 0 Å². The van der Waals surface area contributed by atoms with Gasteiger partial charge in [0.15, 0.2) is 0 Å². The van der Waals surface area contributed by atoms with Gasteiger partial charge in [0.2, 0.25) is 0 Å². The predicted octanol–water partition coefficient (Wildman–Crippen LogP) is 1.46. The Morgan fingerprint density at radius 3 is 3.06 bits per heavy atom. The third-order valence-electron chi connectivity index (χ3n) is 2.40. The summed E-state index contributed by atoms with van der Waals surface area (Å²) in [4.78, 5) is 4.37. The van der Waals surface area contributed by atoms with Crippen molar-refractivity contribution in [1.82, 2.24) is 14.9 Å². The van der Waals surface area contributed by atoms with E-state index >= 15 is 0 Å². The second-order valence-electron chi connectivity index (χ2n) is 3.76. The van der Waals surface area contributed by atoms with Crippen molar-refractivity contribution in [3.63, 3.8) is 0 Å². The molecule has 0 aliphatic rings. The molecule has 1 heterocycles. The Balaban J connectivity index is 2.17. The first-order valence-electron chi connectivity index (χ1n) is 6.16. The fourth-order valence-corrected chi connectivity index (χ4v) is 1.54. The molecule has 1 aromatic heterocycles. The molecule has 0 amide bonds. The fraction of sp³-hybridized carbons (Fsp3) is 0.750. The molecule has 0 atom stereocenters. The van der Waals surface area contributed by atoms with Gasteiger partial charge in [-0.15, -0.1) is 0 Å². The zero-order valence-electron chi connectivity index (χ0n) is 10.4. The van der Waals surface area contributed by atoms with Crippen LogP contribution in [0, 0.1) is 0 Å². The summed E-state index contributed by atoms with van der Waals surface area (Å²) in [5, 5.41) is 3.30. The molecule has 4 heteroatoms. The molecule has 0 aromatic carbocycles. The normalized spacial score (nSPS) is 10.9. The van der Waals surface area contributed by atoms with Gasteiger partial charge >= 0.3 is 0 Å². The van der Waals surface area contributed by atoms with Gasteiger partial charge in [-0.05, 0) is 19.9 Å². The minimum absolute atomic E-state index is 0.803. The number of nitrogens with zero attached hydrogens (tertiary/aromatic N) is 2. The Hall–Kier alpha value is -0.870. The number of imidazole rings is 1. The van der Waals surface area contributed by atoms with E-state index in [0.717, 1.165) is 51.4 Å². The molecule has 0 saturated heterocycles. The van der Waals surface area contributed by atoms with Gasteiger partial charge in [-0.2, -0.15) is 0 Å². The standard InChI is InChI=1S/C12H23N3O/c1-3-13-7-6-12-10-15(11-14-12)8-5-9-16-4-2/h10-11,13H,3-9H2,1-2H3. The molecule has 1 rings (SSSR count). The maximum Gasteiger partial charge on any atom is 0.0949 e. The summed E-state index contributed by atoms with van der Waals surface area (Å²) in [6, 6.07) is 0. The lowest BCUT2D eigenvalue weighted by Crippen LogP contribution is -2.16. The van der Waals surface area contributed by atoms with Gasteiger partial charge in [0, 0.05) is 38.9 Å². The van der Waals surface area contributed by atoms with Gasteiger partial charge in [-0.25, -0.2) is 4.98 Å². The summed E-state index contributed by atoms with van der Waals surface area (Å²) in [5.74, 6) is 0. The first-order valence-corrected chi connectivity index (χ1v) is 6.16. The number of aryl methyl sites for hydroxylation is 1. The monoisotopic (exact) mass is 225 g/mol. The van der Waals surface area contributed by atoms with E-state index in [1.54, 1.807) is 0 Å². The van der Waals surface area contributed by atoms with Crippen molar-refractivity contribution in [1.29, 1.82) is 0 Å². The smallest absolute Gasteiger partial charge is 0.0949 e. The van der Waals surface area contributed by atoms with E-state index in [1.165, 1.54) is 0 Å². The number of aromatic nitrogens is 2.